The van der Waals surface area contributed by atoms with Gasteiger partial charge in [0.15, 0.2) is 0 Å². The average Bonchev–Trinajstić information content (AvgIpc) is 2.74. The van der Waals surface area contributed by atoms with Crippen molar-refractivity contribution in [2.45, 2.75) is 6.67 Å². The lowest BCUT2D eigenvalue weighted by Gasteiger charge is -2.05. The predicted molar refractivity (Wildman–Crippen MR) is 53.5 cm³/mol. The quantitative estimate of drug-likeness (QED) is 0.724. The van der Waals surface area contributed by atoms with Crippen LogP contribution in [-0.2, 0) is 6.67 Å². The molecule has 7 heteroatoms. The number of hydrogen-bond acceptors (Lipinski definition) is 5. The Hall–Kier alpha value is -2.18. The number of nitrogens with one attached hydrogen (secondary N) is 1. The van der Waals surface area contributed by atoms with E-state index in [9.17, 15) is 4.79 Å². The molecular weight excluding hydrogens is 196 g/mol. The van der Waals surface area contributed by atoms with Crippen LogP contribution in [-0.4, -0.2) is 31.1 Å². The normalized spacial score (nSPS) is 10.2. The first-order chi connectivity index (χ1) is 7.29. The van der Waals surface area contributed by atoms with Gasteiger partial charge in [0.1, 0.15) is 13.0 Å². The lowest BCUT2D eigenvalue weighted by atomic mass is 10.8. The lowest BCUT2D eigenvalue weighted by molar-refractivity contribution is 0.564. The van der Waals surface area contributed by atoms with Gasteiger partial charge in [-0.1, -0.05) is 0 Å². The third-order valence-electron chi connectivity index (χ3n) is 1.87. The van der Waals surface area contributed by atoms with Crippen LogP contribution in [0.3, 0.4) is 0 Å². The predicted octanol–water partition coefficient (Wildman–Crippen LogP) is -0.618. The van der Waals surface area contributed by atoms with E-state index in [2.05, 4.69) is 20.3 Å². The molecule has 0 amide bonds. The molecule has 0 aromatic carbocycles. The smallest absolute Gasteiger partial charge is 0.353 e. The van der Waals surface area contributed by atoms with Crippen molar-refractivity contribution >= 4 is 5.95 Å². The van der Waals surface area contributed by atoms with Crippen molar-refractivity contribution in [1.82, 2.24) is 24.1 Å². The van der Waals surface area contributed by atoms with Gasteiger partial charge in [0.05, 0.1) is 6.33 Å². The minimum Gasteiger partial charge on any atom is -0.357 e. The molecule has 1 N–H and O–H groups in total. The topological polar surface area (TPSA) is 77.6 Å². The number of anilines is 1. The lowest BCUT2D eigenvalue weighted by Crippen LogP contribution is -2.26. The Labute approximate surface area is 85.4 Å². The van der Waals surface area contributed by atoms with Gasteiger partial charge in [-0.3, -0.25) is 4.57 Å². The van der Waals surface area contributed by atoms with Crippen molar-refractivity contribution in [2.75, 3.05) is 12.4 Å². The van der Waals surface area contributed by atoms with E-state index in [-0.39, 0.29) is 5.69 Å². The molecule has 0 aliphatic heterocycles. The van der Waals surface area contributed by atoms with E-state index in [1.807, 2.05) is 0 Å². The number of nitrogens with zero attached hydrogens (tertiary/aromatic N) is 5. The van der Waals surface area contributed by atoms with Crippen LogP contribution in [0.2, 0.25) is 0 Å². The van der Waals surface area contributed by atoms with Gasteiger partial charge in [0, 0.05) is 19.4 Å². The first-order valence-corrected chi connectivity index (χ1v) is 4.36. The Morgan fingerprint density at radius 3 is 2.93 bits per heavy atom. The van der Waals surface area contributed by atoms with E-state index in [0.717, 1.165) is 0 Å². The SMILES string of the molecule is CNc1ncn(Cn2ccnc2)c(=O)n1. The highest BCUT2D eigenvalue weighted by Gasteiger charge is 1.99. The van der Waals surface area contributed by atoms with Gasteiger partial charge in [-0.05, 0) is 0 Å². The van der Waals surface area contributed by atoms with Crippen LogP contribution in [0.15, 0.2) is 29.8 Å². The minimum absolute atomic E-state index is 0.321. The van der Waals surface area contributed by atoms with E-state index in [0.29, 0.717) is 12.6 Å². The second-order valence-corrected chi connectivity index (χ2v) is 2.90. The van der Waals surface area contributed by atoms with E-state index in [1.54, 1.807) is 30.3 Å². The Kier molecular flexibility index (Phi) is 2.44. The van der Waals surface area contributed by atoms with Gasteiger partial charge in [0.2, 0.25) is 5.95 Å². The molecule has 2 aromatic rings. The number of hydrogen-bond donors (Lipinski definition) is 1. The van der Waals surface area contributed by atoms with Crippen molar-refractivity contribution in [3.63, 3.8) is 0 Å². The van der Waals surface area contributed by atoms with Crippen LogP contribution < -0.4 is 11.0 Å². The molecule has 2 aromatic heterocycles. The molecule has 15 heavy (non-hydrogen) atoms. The maximum Gasteiger partial charge on any atom is 0.353 e. The molecule has 0 aliphatic rings. The fourth-order valence-electron chi connectivity index (χ4n) is 1.12. The van der Waals surface area contributed by atoms with Crippen LogP contribution in [0.1, 0.15) is 0 Å². The highest BCUT2D eigenvalue weighted by atomic mass is 16.1. The Morgan fingerprint density at radius 2 is 2.33 bits per heavy atom. The maximum absolute atomic E-state index is 11.5. The standard InChI is InChI=1S/C8H10N6O/c1-9-7-11-5-14(8(15)12-7)6-13-3-2-10-4-13/h2-5H,6H2,1H3,(H,9,12,15). The fraction of sp³-hybridized carbons (Fsp3) is 0.250. The van der Waals surface area contributed by atoms with Crippen molar-refractivity contribution in [3.8, 4) is 0 Å². The highest BCUT2D eigenvalue weighted by Crippen LogP contribution is 1.90. The van der Waals surface area contributed by atoms with Crippen LogP contribution in [0.25, 0.3) is 0 Å². The Morgan fingerprint density at radius 1 is 1.47 bits per heavy atom. The Balaban J connectivity index is 2.26. The van der Waals surface area contributed by atoms with Gasteiger partial charge in [-0.15, -0.1) is 0 Å². The fourth-order valence-corrected chi connectivity index (χ4v) is 1.12. The average molecular weight is 206 g/mol. The summed E-state index contributed by atoms with van der Waals surface area (Å²) in [6.45, 7) is 0.364. The highest BCUT2D eigenvalue weighted by molar-refractivity contribution is 5.18. The molecule has 0 aliphatic carbocycles. The van der Waals surface area contributed by atoms with Crippen molar-refractivity contribution in [3.05, 3.63) is 35.5 Å². The molecule has 0 saturated carbocycles. The van der Waals surface area contributed by atoms with Gasteiger partial charge in [-0.25, -0.2) is 14.8 Å². The summed E-state index contributed by atoms with van der Waals surface area (Å²) in [5.41, 5.74) is -0.344. The summed E-state index contributed by atoms with van der Waals surface area (Å²) in [6, 6.07) is 0. The van der Waals surface area contributed by atoms with Crippen LogP contribution >= 0.6 is 0 Å². The van der Waals surface area contributed by atoms with Gasteiger partial charge in [0.25, 0.3) is 0 Å². The second-order valence-electron chi connectivity index (χ2n) is 2.90. The molecule has 0 bridgehead atoms. The van der Waals surface area contributed by atoms with E-state index < -0.39 is 0 Å². The molecule has 0 radical (unpaired) electrons. The van der Waals surface area contributed by atoms with Crippen LogP contribution in [0.4, 0.5) is 5.95 Å². The largest absolute Gasteiger partial charge is 0.357 e. The monoisotopic (exact) mass is 206 g/mol. The molecule has 0 saturated heterocycles. The summed E-state index contributed by atoms with van der Waals surface area (Å²) >= 11 is 0. The molecule has 78 valence electrons. The Bertz CT molecular complexity index is 488. The first kappa shape index (κ1) is 9.38. The summed E-state index contributed by atoms with van der Waals surface area (Å²) < 4.78 is 3.15. The zero-order valence-electron chi connectivity index (χ0n) is 8.16. The second kappa shape index (κ2) is 3.91. The van der Waals surface area contributed by atoms with Crippen molar-refractivity contribution in [1.29, 1.82) is 0 Å². The number of imidazole rings is 1. The van der Waals surface area contributed by atoms with Gasteiger partial charge < -0.3 is 9.88 Å². The summed E-state index contributed by atoms with van der Waals surface area (Å²) in [5.74, 6) is 0.321. The van der Waals surface area contributed by atoms with E-state index in [1.165, 1.54) is 10.9 Å². The zero-order valence-corrected chi connectivity index (χ0v) is 8.16. The number of aromatic nitrogens is 5. The summed E-state index contributed by atoms with van der Waals surface area (Å²) in [6.07, 6.45) is 6.48. The maximum atomic E-state index is 11.5. The van der Waals surface area contributed by atoms with Crippen LogP contribution in [0, 0.1) is 0 Å². The molecule has 0 unspecified atom stereocenters. The third-order valence-corrected chi connectivity index (χ3v) is 1.87. The molecule has 2 rings (SSSR count). The van der Waals surface area contributed by atoms with Crippen molar-refractivity contribution < 1.29 is 0 Å². The van der Waals surface area contributed by atoms with Gasteiger partial charge in [-0.2, -0.15) is 4.98 Å². The minimum atomic E-state index is -0.344. The first-order valence-electron chi connectivity index (χ1n) is 4.36. The summed E-state index contributed by atoms with van der Waals surface area (Å²) in [7, 11) is 1.66. The number of rotatable bonds is 3. The van der Waals surface area contributed by atoms with Gasteiger partial charge >= 0.3 is 5.69 Å². The summed E-state index contributed by atoms with van der Waals surface area (Å²) in [5, 5.41) is 2.70. The third kappa shape index (κ3) is 2.01. The van der Waals surface area contributed by atoms with E-state index >= 15 is 0 Å². The van der Waals surface area contributed by atoms with E-state index in [4.69, 9.17) is 0 Å². The molecule has 7 nitrogen and oxygen atoms in total. The molecule has 0 spiro atoms. The molecular formula is C8H10N6O. The summed E-state index contributed by atoms with van der Waals surface area (Å²) in [4.78, 5) is 23.0. The molecule has 0 fully saturated rings. The molecule has 0 atom stereocenters. The zero-order chi connectivity index (χ0) is 10.7. The molecule has 2 heterocycles. The van der Waals surface area contributed by atoms with Crippen molar-refractivity contribution in [2.24, 2.45) is 0 Å². The van der Waals surface area contributed by atoms with Crippen LogP contribution in [0.5, 0.6) is 0 Å².